The van der Waals surface area contributed by atoms with E-state index < -0.39 is 0 Å². The number of hydrogen-bond donors (Lipinski definition) is 1. The molecule has 1 amide bonds. The predicted octanol–water partition coefficient (Wildman–Crippen LogP) is 3.01. The van der Waals surface area contributed by atoms with Crippen LogP contribution in [0.4, 0.5) is 0 Å². The number of amides is 1. The van der Waals surface area contributed by atoms with Crippen LogP contribution in [0.5, 0.6) is 0 Å². The van der Waals surface area contributed by atoms with Gasteiger partial charge in [0.1, 0.15) is 0 Å². The number of rotatable bonds is 5. The number of nitrogens with zero attached hydrogens (tertiary/aromatic N) is 1. The van der Waals surface area contributed by atoms with E-state index in [1.807, 2.05) is 0 Å². The summed E-state index contributed by atoms with van der Waals surface area (Å²) in [5.74, 6) is 1.43. The first kappa shape index (κ1) is 14.8. The van der Waals surface area contributed by atoms with Crippen molar-refractivity contribution < 1.29 is 4.79 Å². The molecule has 110 valence electrons. The Bertz CT molecular complexity index is 360. The third kappa shape index (κ3) is 2.42. The molecule has 19 heavy (non-hydrogen) atoms. The van der Waals surface area contributed by atoms with Crippen LogP contribution in [-0.2, 0) is 4.79 Å². The van der Waals surface area contributed by atoms with Crippen molar-refractivity contribution in [3.8, 4) is 0 Å². The molecule has 2 atom stereocenters. The van der Waals surface area contributed by atoms with E-state index in [9.17, 15) is 4.79 Å². The Morgan fingerprint density at radius 1 is 1.32 bits per heavy atom. The van der Waals surface area contributed by atoms with Crippen molar-refractivity contribution in [3.63, 3.8) is 0 Å². The van der Waals surface area contributed by atoms with Gasteiger partial charge in [0.2, 0.25) is 5.91 Å². The Morgan fingerprint density at radius 3 is 2.26 bits per heavy atom. The average molecular weight is 266 g/mol. The summed E-state index contributed by atoms with van der Waals surface area (Å²) in [6, 6.07) is 0. The molecule has 2 unspecified atom stereocenters. The normalized spacial score (nSPS) is 33.6. The first-order chi connectivity index (χ1) is 8.76. The highest BCUT2D eigenvalue weighted by Gasteiger charge is 2.53. The molecular formula is C16H30N2O. The van der Waals surface area contributed by atoms with Crippen molar-refractivity contribution >= 4 is 5.91 Å². The monoisotopic (exact) mass is 266 g/mol. The van der Waals surface area contributed by atoms with E-state index in [1.165, 1.54) is 12.8 Å². The SMILES string of the molecule is CCC1(C)NC(C(C)C)N(CC2(C(C)C)CC2)C1=O. The molecule has 0 aromatic rings. The highest BCUT2D eigenvalue weighted by Crippen LogP contribution is 2.53. The van der Waals surface area contributed by atoms with Crippen molar-refractivity contribution in [3.05, 3.63) is 0 Å². The minimum atomic E-state index is -0.359. The molecule has 2 rings (SSSR count). The van der Waals surface area contributed by atoms with Gasteiger partial charge in [-0.15, -0.1) is 0 Å². The summed E-state index contributed by atoms with van der Waals surface area (Å²) in [7, 11) is 0. The molecule has 3 heteroatoms. The van der Waals surface area contributed by atoms with Gasteiger partial charge in [-0.25, -0.2) is 0 Å². The molecule has 0 aromatic heterocycles. The molecule has 1 heterocycles. The Balaban J connectivity index is 2.19. The smallest absolute Gasteiger partial charge is 0.243 e. The molecule has 1 aliphatic carbocycles. The van der Waals surface area contributed by atoms with Crippen molar-refractivity contribution in [2.24, 2.45) is 17.3 Å². The fourth-order valence-electron chi connectivity index (χ4n) is 3.28. The fourth-order valence-corrected chi connectivity index (χ4v) is 3.28. The molecule has 1 saturated carbocycles. The first-order valence-electron chi connectivity index (χ1n) is 7.84. The van der Waals surface area contributed by atoms with E-state index >= 15 is 0 Å². The lowest BCUT2D eigenvalue weighted by atomic mass is 9.91. The van der Waals surface area contributed by atoms with Crippen LogP contribution in [-0.4, -0.2) is 29.1 Å². The van der Waals surface area contributed by atoms with Crippen LogP contribution in [0, 0.1) is 17.3 Å². The topological polar surface area (TPSA) is 32.3 Å². The molecule has 1 aliphatic heterocycles. The zero-order valence-corrected chi connectivity index (χ0v) is 13.4. The van der Waals surface area contributed by atoms with Crippen LogP contribution in [0.25, 0.3) is 0 Å². The van der Waals surface area contributed by atoms with Crippen LogP contribution < -0.4 is 5.32 Å². The fraction of sp³-hybridized carbons (Fsp3) is 0.938. The summed E-state index contributed by atoms with van der Waals surface area (Å²) >= 11 is 0. The zero-order valence-electron chi connectivity index (χ0n) is 13.4. The van der Waals surface area contributed by atoms with Gasteiger partial charge in [-0.1, -0.05) is 34.6 Å². The quantitative estimate of drug-likeness (QED) is 0.829. The van der Waals surface area contributed by atoms with Gasteiger partial charge >= 0.3 is 0 Å². The average Bonchev–Trinajstić information content (AvgIpc) is 3.08. The van der Waals surface area contributed by atoms with Gasteiger partial charge in [-0.2, -0.15) is 0 Å². The summed E-state index contributed by atoms with van der Waals surface area (Å²) in [5.41, 5.74) is 0.0332. The summed E-state index contributed by atoms with van der Waals surface area (Å²) in [5, 5.41) is 3.58. The maximum atomic E-state index is 12.8. The Kier molecular flexibility index (Phi) is 3.72. The molecule has 1 saturated heterocycles. The third-order valence-electron chi connectivity index (χ3n) is 5.48. The number of carbonyl (C=O) groups is 1. The molecule has 3 nitrogen and oxygen atoms in total. The number of hydrogen-bond acceptors (Lipinski definition) is 2. The maximum absolute atomic E-state index is 12.8. The molecule has 2 aliphatic rings. The Morgan fingerprint density at radius 2 is 1.89 bits per heavy atom. The van der Waals surface area contributed by atoms with Gasteiger partial charge in [0, 0.05) is 6.54 Å². The summed E-state index contributed by atoms with van der Waals surface area (Å²) < 4.78 is 0. The van der Waals surface area contributed by atoms with Crippen LogP contribution >= 0.6 is 0 Å². The molecule has 0 radical (unpaired) electrons. The Hall–Kier alpha value is -0.570. The largest absolute Gasteiger partial charge is 0.325 e. The first-order valence-corrected chi connectivity index (χ1v) is 7.84. The number of carbonyl (C=O) groups excluding carboxylic acids is 1. The number of nitrogens with one attached hydrogen (secondary N) is 1. The molecule has 2 fully saturated rings. The zero-order chi connectivity index (χ0) is 14.4. The standard InChI is InChI=1S/C16H30N2O/c1-7-15(6)14(19)18(13(17-15)11(2)3)10-16(8-9-16)12(4)5/h11-13,17H,7-10H2,1-6H3. The molecular weight excluding hydrogens is 236 g/mol. The van der Waals surface area contributed by atoms with Gasteiger partial charge in [0.15, 0.2) is 0 Å². The second-order valence-corrected chi connectivity index (χ2v) is 7.47. The van der Waals surface area contributed by atoms with Crippen molar-refractivity contribution in [2.75, 3.05) is 6.54 Å². The molecule has 0 aromatic carbocycles. The predicted molar refractivity (Wildman–Crippen MR) is 78.7 cm³/mol. The van der Waals surface area contributed by atoms with E-state index in [1.54, 1.807) is 0 Å². The van der Waals surface area contributed by atoms with Crippen molar-refractivity contribution in [1.29, 1.82) is 0 Å². The molecule has 0 spiro atoms. The van der Waals surface area contributed by atoms with E-state index in [0.29, 0.717) is 23.2 Å². The summed E-state index contributed by atoms with van der Waals surface area (Å²) in [4.78, 5) is 14.9. The summed E-state index contributed by atoms with van der Waals surface area (Å²) in [6.45, 7) is 14.1. The van der Waals surface area contributed by atoms with Gasteiger partial charge in [-0.3, -0.25) is 10.1 Å². The molecule has 0 bridgehead atoms. The lowest BCUT2D eigenvalue weighted by Crippen LogP contribution is -2.45. The van der Waals surface area contributed by atoms with Crippen LogP contribution in [0.1, 0.15) is 60.8 Å². The van der Waals surface area contributed by atoms with Crippen LogP contribution in [0.3, 0.4) is 0 Å². The maximum Gasteiger partial charge on any atom is 0.243 e. The van der Waals surface area contributed by atoms with E-state index in [2.05, 4.69) is 51.8 Å². The van der Waals surface area contributed by atoms with Crippen molar-refractivity contribution in [1.82, 2.24) is 10.2 Å². The minimum absolute atomic E-state index is 0.202. The van der Waals surface area contributed by atoms with E-state index in [4.69, 9.17) is 0 Å². The van der Waals surface area contributed by atoms with Gasteiger partial charge in [-0.05, 0) is 43.4 Å². The second kappa shape index (κ2) is 4.76. The third-order valence-corrected chi connectivity index (χ3v) is 5.48. The van der Waals surface area contributed by atoms with Gasteiger partial charge in [0.25, 0.3) is 0 Å². The highest BCUT2D eigenvalue weighted by molar-refractivity contribution is 5.88. The van der Waals surface area contributed by atoms with Crippen LogP contribution in [0.15, 0.2) is 0 Å². The van der Waals surface area contributed by atoms with E-state index in [0.717, 1.165) is 13.0 Å². The molecule has 1 N–H and O–H groups in total. The lowest BCUT2D eigenvalue weighted by molar-refractivity contribution is -0.134. The summed E-state index contributed by atoms with van der Waals surface area (Å²) in [6.07, 6.45) is 3.62. The minimum Gasteiger partial charge on any atom is -0.325 e. The lowest BCUT2D eigenvalue weighted by Gasteiger charge is -2.32. The highest BCUT2D eigenvalue weighted by atomic mass is 16.2. The second-order valence-electron chi connectivity index (χ2n) is 7.47. The van der Waals surface area contributed by atoms with Gasteiger partial charge in [0.05, 0.1) is 11.7 Å². The Labute approximate surface area is 118 Å². The van der Waals surface area contributed by atoms with Crippen molar-refractivity contribution in [2.45, 2.75) is 72.5 Å². The van der Waals surface area contributed by atoms with Crippen LogP contribution in [0.2, 0.25) is 0 Å². The van der Waals surface area contributed by atoms with E-state index in [-0.39, 0.29) is 11.7 Å². The van der Waals surface area contributed by atoms with Gasteiger partial charge < -0.3 is 4.90 Å².